The molecule has 1 amide bonds. The number of carbonyl (C=O) groups is 1. The van der Waals surface area contributed by atoms with E-state index in [1.807, 2.05) is 61.5 Å². The Hall–Kier alpha value is -3.29. The fourth-order valence-electron chi connectivity index (χ4n) is 4.03. The molecule has 7 heteroatoms. The molecule has 1 N–H and O–H groups in total. The van der Waals surface area contributed by atoms with Gasteiger partial charge < -0.3 is 19.9 Å². The lowest BCUT2D eigenvalue weighted by Crippen LogP contribution is -2.34. The Kier molecular flexibility index (Phi) is 7.32. The van der Waals surface area contributed by atoms with Gasteiger partial charge in [0.05, 0.1) is 24.6 Å². The van der Waals surface area contributed by atoms with E-state index < -0.39 is 5.82 Å². The number of aromatic nitrogens is 1. The number of fused-ring (bicyclic) bond motifs is 1. The molecule has 6 nitrogen and oxygen atoms in total. The molecule has 1 atom stereocenters. The summed E-state index contributed by atoms with van der Waals surface area (Å²) in [7, 11) is 3.78. The Balaban J connectivity index is 1.52. The number of hydrogen-bond donors (Lipinski definition) is 1. The van der Waals surface area contributed by atoms with Crippen LogP contribution < -0.4 is 15.1 Å². The van der Waals surface area contributed by atoms with Crippen LogP contribution in [0.1, 0.15) is 34.1 Å². The number of nitrogens with zero attached hydrogens (tertiary/aromatic N) is 3. The van der Waals surface area contributed by atoms with Crippen LogP contribution in [0.4, 0.5) is 15.8 Å². The van der Waals surface area contributed by atoms with Gasteiger partial charge in [-0.05, 0) is 43.3 Å². The summed E-state index contributed by atoms with van der Waals surface area (Å²) in [6.45, 7) is 2.33. The van der Waals surface area contributed by atoms with Crippen LogP contribution in [0.15, 0.2) is 66.9 Å². The van der Waals surface area contributed by atoms with Crippen molar-refractivity contribution in [2.45, 2.75) is 19.1 Å². The number of benzene rings is 2. The van der Waals surface area contributed by atoms with Crippen LogP contribution in [0.5, 0.6) is 0 Å². The zero-order valence-electron chi connectivity index (χ0n) is 19.0. The first-order valence-electron chi connectivity index (χ1n) is 11.2. The molecule has 0 spiro atoms. The highest BCUT2D eigenvalue weighted by Gasteiger charge is 2.28. The van der Waals surface area contributed by atoms with Crippen molar-refractivity contribution < 1.29 is 13.9 Å². The van der Waals surface area contributed by atoms with Crippen molar-refractivity contribution in [3.8, 4) is 0 Å². The smallest absolute Gasteiger partial charge is 0.279 e. The van der Waals surface area contributed by atoms with E-state index in [9.17, 15) is 9.18 Å². The highest BCUT2D eigenvalue weighted by Crippen LogP contribution is 2.28. The Morgan fingerprint density at radius 1 is 1.12 bits per heavy atom. The van der Waals surface area contributed by atoms with Crippen molar-refractivity contribution in [2.24, 2.45) is 0 Å². The third kappa shape index (κ3) is 5.38. The zero-order valence-corrected chi connectivity index (χ0v) is 19.0. The molecule has 172 valence electrons. The van der Waals surface area contributed by atoms with Gasteiger partial charge in [0.15, 0.2) is 5.69 Å². The van der Waals surface area contributed by atoms with Gasteiger partial charge in [-0.15, -0.1) is 0 Å². The van der Waals surface area contributed by atoms with Gasteiger partial charge in [0.25, 0.3) is 5.91 Å². The lowest BCUT2D eigenvalue weighted by molar-refractivity contribution is 0.0344. The van der Waals surface area contributed by atoms with Gasteiger partial charge in [-0.2, -0.15) is 0 Å². The normalized spacial score (nSPS) is 14.7. The summed E-state index contributed by atoms with van der Waals surface area (Å²) in [4.78, 5) is 20.9. The minimum atomic E-state index is -0.452. The zero-order chi connectivity index (χ0) is 23.2. The molecule has 1 aliphatic heterocycles. The summed E-state index contributed by atoms with van der Waals surface area (Å²) in [5, 5.41) is 3.19. The molecule has 0 saturated carbocycles. The van der Waals surface area contributed by atoms with Crippen molar-refractivity contribution in [2.75, 3.05) is 43.5 Å². The third-order valence-corrected chi connectivity index (χ3v) is 5.85. The maximum absolute atomic E-state index is 13.7. The molecule has 4 rings (SSSR count). The Bertz CT molecular complexity index is 1090. The second-order valence-corrected chi connectivity index (χ2v) is 8.17. The first-order chi connectivity index (χ1) is 16.1. The monoisotopic (exact) mass is 448 g/mol. The summed E-state index contributed by atoms with van der Waals surface area (Å²) in [5.41, 5.74) is 3.67. The first kappa shape index (κ1) is 22.9. The van der Waals surface area contributed by atoms with Crippen LogP contribution in [-0.4, -0.2) is 44.6 Å². The lowest BCUT2D eigenvalue weighted by atomic mass is 10.1. The predicted octanol–water partition coefficient (Wildman–Crippen LogP) is 4.18. The number of amides is 1. The summed E-state index contributed by atoms with van der Waals surface area (Å²) in [5.74, 6) is -0.684. The number of halogens is 1. The lowest BCUT2D eigenvalue weighted by Gasteiger charge is -2.22. The average molecular weight is 449 g/mol. The number of nitrogens with one attached hydrogen (secondary N) is 1. The van der Waals surface area contributed by atoms with Gasteiger partial charge in [-0.3, -0.25) is 4.79 Å². The van der Waals surface area contributed by atoms with Crippen molar-refractivity contribution in [3.05, 3.63) is 89.5 Å². The molecule has 0 fully saturated rings. The number of ether oxygens (including phenoxy) is 1. The first-order valence-corrected chi connectivity index (χ1v) is 11.2. The fourth-order valence-corrected chi connectivity index (χ4v) is 4.03. The molecule has 2 aromatic carbocycles. The molecule has 0 aliphatic carbocycles. The Morgan fingerprint density at radius 3 is 2.73 bits per heavy atom. The maximum Gasteiger partial charge on any atom is 0.279 e. The summed E-state index contributed by atoms with van der Waals surface area (Å²) < 4.78 is 20.0. The number of pyridine rings is 1. The quantitative estimate of drug-likeness (QED) is 0.560. The molecule has 1 aromatic heterocycles. The van der Waals surface area contributed by atoms with Gasteiger partial charge in [0, 0.05) is 31.9 Å². The highest BCUT2D eigenvalue weighted by atomic mass is 19.1. The number of anilines is 2. The van der Waals surface area contributed by atoms with E-state index in [-0.39, 0.29) is 17.7 Å². The van der Waals surface area contributed by atoms with Crippen LogP contribution in [-0.2, 0) is 11.3 Å². The van der Waals surface area contributed by atoms with E-state index in [1.165, 1.54) is 6.07 Å². The molecule has 0 bridgehead atoms. The SMILES string of the molecule is CNCCC(OCc1cccc(N2CCN(C)c3cc(F)cnc3C2=O)c1)c1ccccc1. The second-order valence-electron chi connectivity index (χ2n) is 8.17. The van der Waals surface area contributed by atoms with Crippen LogP contribution in [0.2, 0.25) is 0 Å². The van der Waals surface area contributed by atoms with Crippen molar-refractivity contribution in [3.63, 3.8) is 0 Å². The molecular weight excluding hydrogens is 419 g/mol. The molecular formula is C26H29FN4O2. The van der Waals surface area contributed by atoms with Gasteiger partial charge in [0.2, 0.25) is 0 Å². The number of rotatable bonds is 8. The van der Waals surface area contributed by atoms with Crippen LogP contribution in [0.3, 0.4) is 0 Å². The maximum atomic E-state index is 13.7. The van der Waals surface area contributed by atoms with E-state index in [1.54, 1.807) is 4.90 Å². The van der Waals surface area contributed by atoms with E-state index >= 15 is 0 Å². The Morgan fingerprint density at radius 2 is 1.94 bits per heavy atom. The fraction of sp³-hybridized carbons (Fsp3) is 0.308. The highest BCUT2D eigenvalue weighted by molar-refractivity contribution is 6.09. The molecule has 2 heterocycles. The topological polar surface area (TPSA) is 57.7 Å². The minimum Gasteiger partial charge on any atom is -0.371 e. The van der Waals surface area contributed by atoms with E-state index in [0.717, 1.165) is 36.0 Å². The summed E-state index contributed by atoms with van der Waals surface area (Å²) >= 11 is 0. The molecule has 3 aromatic rings. The molecule has 1 aliphatic rings. The molecule has 33 heavy (non-hydrogen) atoms. The average Bonchev–Trinajstić information content (AvgIpc) is 2.96. The summed E-state index contributed by atoms with van der Waals surface area (Å²) in [6.07, 6.45) is 1.92. The molecule has 0 radical (unpaired) electrons. The second kappa shape index (κ2) is 10.6. The predicted molar refractivity (Wildman–Crippen MR) is 128 cm³/mol. The van der Waals surface area contributed by atoms with E-state index in [2.05, 4.69) is 22.4 Å². The van der Waals surface area contributed by atoms with Crippen LogP contribution in [0, 0.1) is 5.82 Å². The van der Waals surface area contributed by atoms with Crippen molar-refractivity contribution >= 4 is 17.3 Å². The van der Waals surface area contributed by atoms with Gasteiger partial charge in [0.1, 0.15) is 5.82 Å². The number of likely N-dealkylation sites (N-methyl/N-ethyl adjacent to an activating group) is 1. The van der Waals surface area contributed by atoms with Gasteiger partial charge in [-0.1, -0.05) is 42.5 Å². The van der Waals surface area contributed by atoms with Crippen molar-refractivity contribution in [1.82, 2.24) is 10.3 Å². The standard InChI is InChI=1S/C26H29FN4O2/c1-28-12-11-24(20-8-4-3-5-9-20)33-18-19-7-6-10-22(15-19)31-14-13-30(2)23-16-21(27)17-29-25(23)26(31)32/h3-10,15-17,24,28H,11-14,18H2,1-2H3. The number of carbonyl (C=O) groups excluding carboxylic acids is 1. The van der Waals surface area contributed by atoms with E-state index in [4.69, 9.17) is 4.74 Å². The van der Waals surface area contributed by atoms with Gasteiger partial charge in [-0.25, -0.2) is 9.37 Å². The molecule has 0 saturated heterocycles. The Labute approximate surface area is 194 Å². The molecule has 1 unspecified atom stereocenters. The van der Waals surface area contributed by atoms with Gasteiger partial charge >= 0.3 is 0 Å². The third-order valence-electron chi connectivity index (χ3n) is 5.85. The number of hydrogen-bond acceptors (Lipinski definition) is 5. The minimum absolute atomic E-state index is 0.0262. The van der Waals surface area contributed by atoms with E-state index in [0.29, 0.717) is 25.4 Å². The van der Waals surface area contributed by atoms with Crippen molar-refractivity contribution in [1.29, 1.82) is 0 Å². The largest absolute Gasteiger partial charge is 0.371 e. The summed E-state index contributed by atoms with van der Waals surface area (Å²) in [6, 6.07) is 19.4. The van der Waals surface area contributed by atoms with Crippen LogP contribution in [0.25, 0.3) is 0 Å². The van der Waals surface area contributed by atoms with Crippen LogP contribution >= 0.6 is 0 Å².